The molecule has 1 heterocycles. The van der Waals surface area contributed by atoms with Crippen LogP contribution < -0.4 is 11.1 Å². The molecule has 7 nitrogen and oxygen atoms in total. The van der Waals surface area contributed by atoms with Gasteiger partial charge in [0, 0.05) is 6.42 Å². The smallest absolute Gasteiger partial charge is 0.318 e. The highest BCUT2D eigenvalue weighted by Gasteiger charge is 2.27. The summed E-state index contributed by atoms with van der Waals surface area (Å²) < 4.78 is 6.36. The highest BCUT2D eigenvalue weighted by Crippen LogP contribution is 2.23. The van der Waals surface area contributed by atoms with Crippen LogP contribution in [0.5, 0.6) is 0 Å². The maximum atomic E-state index is 12.0. The number of carbonyl (C=O) groups is 3. The van der Waals surface area contributed by atoms with Gasteiger partial charge < -0.3 is 10.5 Å². The minimum absolute atomic E-state index is 0.206. The number of amides is 3. The van der Waals surface area contributed by atoms with Gasteiger partial charge >= 0.3 is 12.0 Å². The Morgan fingerprint density at radius 2 is 1.96 bits per heavy atom. The fourth-order valence-electron chi connectivity index (χ4n) is 2.46. The van der Waals surface area contributed by atoms with E-state index in [1.165, 1.54) is 0 Å². The lowest BCUT2D eigenvalue weighted by Crippen LogP contribution is -2.45. The second kappa shape index (κ2) is 9.28. The first-order valence-electron chi connectivity index (χ1n) is 8.51. The second-order valence-corrected chi connectivity index (χ2v) is 7.41. The molecule has 0 aliphatic carbocycles. The number of hydrogen-bond donors (Lipinski definition) is 2. The molecule has 140 valence electrons. The first-order valence-corrected chi connectivity index (χ1v) is 9.32. The topological polar surface area (TPSA) is 111 Å². The van der Waals surface area contributed by atoms with Crippen LogP contribution in [0.25, 0.3) is 10.2 Å². The maximum Gasteiger partial charge on any atom is 0.318 e. The molecule has 1 aromatic carbocycles. The molecule has 2 rings (SSSR count). The standard InChI is InChI=1S/C18H23N3O4S/c1-11(2)16(17(23)21-18(19)24)25-15(22)10-6-5-9-14-20-12-7-3-4-8-13(12)26-14/h3-4,7-8,11,16H,5-6,9-10H2,1-2H3,(H3,19,21,23,24)/t16-/m0/s1. The van der Waals surface area contributed by atoms with Gasteiger partial charge in [-0.25, -0.2) is 9.78 Å². The molecule has 0 saturated heterocycles. The van der Waals surface area contributed by atoms with Crippen LogP contribution in [0.2, 0.25) is 0 Å². The zero-order valence-corrected chi connectivity index (χ0v) is 15.7. The fraction of sp³-hybridized carbons (Fsp3) is 0.444. The number of carbonyl (C=O) groups excluding carboxylic acids is 3. The number of para-hydroxylation sites is 1. The van der Waals surface area contributed by atoms with Crippen LogP contribution in [0.1, 0.15) is 38.1 Å². The van der Waals surface area contributed by atoms with Gasteiger partial charge in [0.15, 0.2) is 6.10 Å². The van der Waals surface area contributed by atoms with E-state index in [0.717, 1.165) is 28.1 Å². The number of fused-ring (bicyclic) bond motifs is 1. The van der Waals surface area contributed by atoms with Gasteiger partial charge in [-0.1, -0.05) is 26.0 Å². The van der Waals surface area contributed by atoms with Crippen molar-refractivity contribution in [2.24, 2.45) is 11.7 Å². The van der Waals surface area contributed by atoms with Gasteiger partial charge in [0.2, 0.25) is 0 Å². The predicted octanol–water partition coefficient (Wildman–Crippen LogP) is 2.77. The Morgan fingerprint density at radius 1 is 1.23 bits per heavy atom. The summed E-state index contributed by atoms with van der Waals surface area (Å²) in [5.74, 6) is -1.43. The van der Waals surface area contributed by atoms with Crippen LogP contribution in [-0.2, 0) is 20.7 Å². The molecule has 0 aliphatic rings. The highest BCUT2D eigenvalue weighted by atomic mass is 32.1. The Morgan fingerprint density at radius 3 is 2.62 bits per heavy atom. The Hall–Kier alpha value is -2.48. The summed E-state index contributed by atoms with van der Waals surface area (Å²) in [5.41, 5.74) is 5.92. The molecule has 0 aliphatic heterocycles. The van der Waals surface area contributed by atoms with Crippen molar-refractivity contribution < 1.29 is 19.1 Å². The number of thiazole rings is 1. The van der Waals surface area contributed by atoms with E-state index >= 15 is 0 Å². The van der Waals surface area contributed by atoms with Crippen molar-refractivity contribution in [3.05, 3.63) is 29.3 Å². The summed E-state index contributed by atoms with van der Waals surface area (Å²) in [6.07, 6.45) is 1.41. The molecule has 3 N–H and O–H groups in total. The number of esters is 1. The molecule has 0 radical (unpaired) electrons. The van der Waals surface area contributed by atoms with Gasteiger partial charge in [-0.2, -0.15) is 0 Å². The molecule has 0 saturated carbocycles. The SMILES string of the molecule is CC(C)[C@H](OC(=O)CCCCc1nc2ccccc2s1)C(=O)NC(N)=O. The van der Waals surface area contributed by atoms with Crippen molar-refractivity contribution in [1.29, 1.82) is 0 Å². The van der Waals surface area contributed by atoms with Gasteiger partial charge in [0.1, 0.15) is 0 Å². The normalized spacial score (nSPS) is 12.1. The van der Waals surface area contributed by atoms with E-state index in [9.17, 15) is 14.4 Å². The van der Waals surface area contributed by atoms with Crippen LogP contribution in [0.3, 0.4) is 0 Å². The molecule has 1 atom stereocenters. The third-order valence-corrected chi connectivity index (χ3v) is 4.82. The summed E-state index contributed by atoms with van der Waals surface area (Å²) in [5, 5.41) is 2.99. The summed E-state index contributed by atoms with van der Waals surface area (Å²) in [6.45, 7) is 3.46. The molecule has 0 spiro atoms. The largest absolute Gasteiger partial charge is 0.452 e. The molecule has 2 aromatic rings. The van der Waals surface area contributed by atoms with Crippen LogP contribution in [0.15, 0.2) is 24.3 Å². The molecule has 8 heteroatoms. The Labute approximate surface area is 155 Å². The Balaban J connectivity index is 1.76. The molecule has 1 aromatic heterocycles. The van der Waals surface area contributed by atoms with Crippen molar-refractivity contribution in [3.8, 4) is 0 Å². The summed E-state index contributed by atoms with van der Waals surface area (Å²) in [7, 11) is 0. The number of unbranched alkanes of at least 4 members (excludes halogenated alkanes) is 1. The third-order valence-electron chi connectivity index (χ3n) is 3.73. The number of urea groups is 1. The van der Waals surface area contributed by atoms with Crippen LogP contribution >= 0.6 is 11.3 Å². The van der Waals surface area contributed by atoms with E-state index in [4.69, 9.17) is 10.5 Å². The number of rotatable bonds is 8. The predicted molar refractivity (Wildman–Crippen MR) is 99.6 cm³/mol. The van der Waals surface area contributed by atoms with E-state index in [1.807, 2.05) is 29.6 Å². The molecular formula is C18H23N3O4S. The lowest BCUT2D eigenvalue weighted by atomic mass is 10.1. The van der Waals surface area contributed by atoms with E-state index in [2.05, 4.69) is 4.98 Å². The average Bonchev–Trinajstić information content (AvgIpc) is 2.98. The molecule has 0 bridgehead atoms. The summed E-state index contributed by atoms with van der Waals surface area (Å²) in [6, 6.07) is 7.00. The van der Waals surface area contributed by atoms with Crippen LogP contribution in [0, 0.1) is 5.92 Å². The number of nitrogens with two attached hydrogens (primary N) is 1. The summed E-state index contributed by atoms with van der Waals surface area (Å²) >= 11 is 1.66. The minimum atomic E-state index is -1.03. The molecule has 0 unspecified atom stereocenters. The van der Waals surface area contributed by atoms with Gasteiger partial charge in [-0.05, 0) is 37.3 Å². The number of primary amides is 1. The highest BCUT2D eigenvalue weighted by molar-refractivity contribution is 7.18. The number of nitrogens with one attached hydrogen (secondary N) is 1. The number of imide groups is 1. The quantitative estimate of drug-likeness (QED) is 0.543. The van der Waals surface area contributed by atoms with Crippen molar-refractivity contribution in [2.45, 2.75) is 45.6 Å². The van der Waals surface area contributed by atoms with Crippen molar-refractivity contribution in [1.82, 2.24) is 10.3 Å². The van der Waals surface area contributed by atoms with Crippen molar-refractivity contribution >= 4 is 39.5 Å². The Bertz CT molecular complexity index is 755. The van der Waals surface area contributed by atoms with Crippen LogP contribution in [0.4, 0.5) is 4.79 Å². The monoisotopic (exact) mass is 377 g/mol. The number of nitrogens with zero attached hydrogens (tertiary/aromatic N) is 1. The van der Waals surface area contributed by atoms with Crippen molar-refractivity contribution in [2.75, 3.05) is 0 Å². The first-order chi connectivity index (χ1) is 12.4. The molecule has 26 heavy (non-hydrogen) atoms. The molecule has 0 fully saturated rings. The third kappa shape index (κ3) is 5.80. The number of aromatic nitrogens is 1. The van der Waals surface area contributed by atoms with Gasteiger partial charge in [-0.3, -0.25) is 14.9 Å². The zero-order valence-electron chi connectivity index (χ0n) is 14.9. The zero-order chi connectivity index (χ0) is 19.1. The van der Waals surface area contributed by atoms with Gasteiger partial charge in [-0.15, -0.1) is 11.3 Å². The first kappa shape index (κ1) is 19.8. The number of aryl methyl sites for hydroxylation is 1. The number of benzene rings is 1. The number of hydrogen-bond acceptors (Lipinski definition) is 6. The minimum Gasteiger partial charge on any atom is -0.452 e. The van der Waals surface area contributed by atoms with E-state index in [1.54, 1.807) is 25.2 Å². The van der Waals surface area contributed by atoms with Crippen LogP contribution in [-0.4, -0.2) is 29.0 Å². The average molecular weight is 377 g/mol. The van der Waals surface area contributed by atoms with E-state index in [0.29, 0.717) is 6.42 Å². The van der Waals surface area contributed by atoms with E-state index in [-0.39, 0.29) is 12.3 Å². The lowest BCUT2D eigenvalue weighted by Gasteiger charge is -2.19. The summed E-state index contributed by atoms with van der Waals surface area (Å²) in [4.78, 5) is 39.1. The molecule has 3 amide bonds. The van der Waals surface area contributed by atoms with Crippen molar-refractivity contribution in [3.63, 3.8) is 0 Å². The number of ether oxygens (including phenoxy) is 1. The Kier molecular flexibility index (Phi) is 7.08. The van der Waals surface area contributed by atoms with Gasteiger partial charge in [0.25, 0.3) is 5.91 Å². The molecular weight excluding hydrogens is 354 g/mol. The van der Waals surface area contributed by atoms with Gasteiger partial charge in [0.05, 0.1) is 15.2 Å². The van der Waals surface area contributed by atoms with E-state index < -0.39 is 24.0 Å². The lowest BCUT2D eigenvalue weighted by molar-refractivity contribution is -0.158. The maximum absolute atomic E-state index is 12.0. The second-order valence-electron chi connectivity index (χ2n) is 6.29. The fourth-order valence-corrected chi connectivity index (χ4v) is 3.47.